The van der Waals surface area contributed by atoms with E-state index in [1.165, 1.54) is 32.1 Å². The monoisotopic (exact) mass is 241 g/mol. The smallest absolute Gasteiger partial charge is 0.135 e. The van der Waals surface area contributed by atoms with Crippen LogP contribution in [0.15, 0.2) is 0 Å². The number of piperidine rings is 1. The Labute approximate surface area is 106 Å². The Bertz CT molecular complexity index is 196. The van der Waals surface area contributed by atoms with Gasteiger partial charge in [0.1, 0.15) is 5.78 Å². The zero-order valence-corrected chi connectivity index (χ0v) is 11.2. The zero-order valence-electron chi connectivity index (χ0n) is 11.2. The predicted octanol–water partition coefficient (Wildman–Crippen LogP) is 2.64. The Morgan fingerprint density at radius 1 is 1.06 bits per heavy atom. The van der Waals surface area contributed by atoms with Gasteiger partial charge in [-0.2, -0.15) is 0 Å². The molecule has 0 aromatic carbocycles. The number of unbranched alkanes of at least 4 members (excludes halogenated alkanes) is 3. The molecule has 1 aliphatic heterocycles. The summed E-state index contributed by atoms with van der Waals surface area (Å²) in [5.74, 6) is 0.436. The zero-order chi connectivity index (χ0) is 12.3. The van der Waals surface area contributed by atoms with Gasteiger partial charge in [0, 0.05) is 39.1 Å². The molecule has 0 aromatic rings. The lowest BCUT2D eigenvalue weighted by Gasteiger charge is -2.25. The highest BCUT2D eigenvalue weighted by Crippen LogP contribution is 2.07. The third-order valence-electron chi connectivity index (χ3n) is 3.32. The summed E-state index contributed by atoms with van der Waals surface area (Å²) in [6.07, 6.45) is 7.59. The van der Waals surface area contributed by atoms with Crippen LogP contribution in [-0.4, -0.2) is 43.5 Å². The first-order valence-electron chi connectivity index (χ1n) is 7.14. The lowest BCUT2D eigenvalue weighted by molar-refractivity contribution is -0.121. The first-order chi connectivity index (χ1) is 8.33. The van der Waals surface area contributed by atoms with E-state index in [9.17, 15) is 4.79 Å². The number of hydrogen-bond donors (Lipinski definition) is 0. The Hall–Kier alpha value is -0.410. The molecular weight excluding hydrogens is 214 g/mol. The van der Waals surface area contributed by atoms with Crippen molar-refractivity contribution in [1.82, 2.24) is 4.90 Å². The minimum absolute atomic E-state index is 0.436. The van der Waals surface area contributed by atoms with Crippen molar-refractivity contribution < 1.29 is 9.53 Å². The van der Waals surface area contributed by atoms with Gasteiger partial charge in [0.2, 0.25) is 0 Å². The predicted molar refractivity (Wildman–Crippen MR) is 70.3 cm³/mol. The number of rotatable bonds is 9. The number of hydrogen-bond acceptors (Lipinski definition) is 3. The molecule has 0 unspecified atom stereocenters. The number of likely N-dealkylation sites (tertiary alicyclic amines) is 1. The van der Waals surface area contributed by atoms with E-state index in [1.54, 1.807) is 0 Å². The molecule has 0 saturated carbocycles. The van der Waals surface area contributed by atoms with Gasteiger partial charge in [-0.1, -0.05) is 13.3 Å². The molecule has 0 aliphatic carbocycles. The van der Waals surface area contributed by atoms with Crippen molar-refractivity contribution in [3.05, 3.63) is 0 Å². The second kappa shape index (κ2) is 9.60. The van der Waals surface area contributed by atoms with E-state index in [0.29, 0.717) is 5.78 Å². The number of carbonyl (C=O) groups is 1. The topological polar surface area (TPSA) is 29.5 Å². The van der Waals surface area contributed by atoms with Crippen LogP contribution in [-0.2, 0) is 9.53 Å². The molecule has 0 aromatic heterocycles. The third-order valence-corrected chi connectivity index (χ3v) is 3.32. The van der Waals surface area contributed by atoms with Crippen LogP contribution in [0.25, 0.3) is 0 Å². The van der Waals surface area contributed by atoms with Gasteiger partial charge < -0.3 is 9.64 Å². The number of ether oxygens (including phenoxy) is 1. The van der Waals surface area contributed by atoms with E-state index in [0.717, 1.165) is 45.7 Å². The molecule has 3 heteroatoms. The van der Waals surface area contributed by atoms with Crippen molar-refractivity contribution in [3.63, 3.8) is 0 Å². The lowest BCUT2D eigenvalue weighted by Crippen LogP contribution is -2.34. The summed E-state index contributed by atoms with van der Waals surface area (Å²) in [6.45, 7) is 7.13. The van der Waals surface area contributed by atoms with E-state index in [2.05, 4.69) is 11.8 Å². The van der Waals surface area contributed by atoms with Gasteiger partial charge in [0.05, 0.1) is 0 Å². The molecule has 100 valence electrons. The Balaban J connectivity index is 1.82. The maximum absolute atomic E-state index is 11.1. The fourth-order valence-corrected chi connectivity index (χ4v) is 2.09. The molecule has 1 saturated heterocycles. The maximum atomic E-state index is 11.1. The standard InChI is InChI=1S/C14H27NO2/c1-2-3-12-17-13-6-4-5-9-15-10-7-14(16)8-11-15/h2-13H2,1H3. The number of Topliss-reactive ketones (excluding diaryl/α,β-unsaturated/α-hetero) is 1. The summed E-state index contributed by atoms with van der Waals surface area (Å²) < 4.78 is 5.52. The van der Waals surface area contributed by atoms with Crippen LogP contribution in [0, 0.1) is 0 Å². The minimum atomic E-state index is 0.436. The summed E-state index contributed by atoms with van der Waals surface area (Å²) in [7, 11) is 0. The van der Waals surface area contributed by atoms with Gasteiger partial charge in [-0.15, -0.1) is 0 Å². The van der Waals surface area contributed by atoms with Crippen molar-refractivity contribution in [1.29, 1.82) is 0 Å². The quantitative estimate of drug-likeness (QED) is 0.581. The fraction of sp³-hybridized carbons (Fsp3) is 0.929. The lowest BCUT2D eigenvalue weighted by atomic mass is 10.1. The Morgan fingerprint density at radius 3 is 2.47 bits per heavy atom. The highest BCUT2D eigenvalue weighted by molar-refractivity contribution is 5.79. The number of carbonyl (C=O) groups excluding carboxylic acids is 1. The van der Waals surface area contributed by atoms with Crippen LogP contribution in [0.5, 0.6) is 0 Å². The average Bonchev–Trinajstić information content (AvgIpc) is 2.35. The van der Waals surface area contributed by atoms with Crippen LogP contribution in [0.3, 0.4) is 0 Å². The first kappa shape index (κ1) is 14.7. The van der Waals surface area contributed by atoms with Crippen LogP contribution in [0.4, 0.5) is 0 Å². The van der Waals surface area contributed by atoms with Crippen LogP contribution < -0.4 is 0 Å². The molecule has 1 aliphatic rings. The van der Waals surface area contributed by atoms with Crippen molar-refractivity contribution in [2.45, 2.75) is 51.9 Å². The van der Waals surface area contributed by atoms with Crippen LogP contribution in [0.1, 0.15) is 51.9 Å². The van der Waals surface area contributed by atoms with E-state index < -0.39 is 0 Å². The Morgan fingerprint density at radius 2 is 1.76 bits per heavy atom. The summed E-state index contributed by atoms with van der Waals surface area (Å²) in [4.78, 5) is 13.5. The molecule has 3 nitrogen and oxygen atoms in total. The molecule has 0 radical (unpaired) electrons. The van der Waals surface area contributed by atoms with E-state index in [1.807, 2.05) is 0 Å². The first-order valence-corrected chi connectivity index (χ1v) is 7.14. The summed E-state index contributed by atoms with van der Waals surface area (Å²) in [5.41, 5.74) is 0. The summed E-state index contributed by atoms with van der Waals surface area (Å²) >= 11 is 0. The van der Waals surface area contributed by atoms with Crippen LogP contribution >= 0.6 is 0 Å². The van der Waals surface area contributed by atoms with Gasteiger partial charge in [-0.25, -0.2) is 0 Å². The van der Waals surface area contributed by atoms with Crippen LogP contribution in [0.2, 0.25) is 0 Å². The number of nitrogens with zero attached hydrogens (tertiary/aromatic N) is 1. The third kappa shape index (κ3) is 7.50. The molecule has 0 amide bonds. The van der Waals surface area contributed by atoms with Gasteiger partial charge in [0.15, 0.2) is 0 Å². The van der Waals surface area contributed by atoms with Crippen molar-refractivity contribution in [3.8, 4) is 0 Å². The van der Waals surface area contributed by atoms with Crippen molar-refractivity contribution in [2.24, 2.45) is 0 Å². The molecule has 1 heterocycles. The van der Waals surface area contributed by atoms with Gasteiger partial charge >= 0.3 is 0 Å². The average molecular weight is 241 g/mol. The van der Waals surface area contributed by atoms with Gasteiger partial charge in [-0.3, -0.25) is 4.79 Å². The molecule has 1 fully saturated rings. The van der Waals surface area contributed by atoms with Gasteiger partial charge in [-0.05, 0) is 32.2 Å². The van der Waals surface area contributed by atoms with Crippen molar-refractivity contribution in [2.75, 3.05) is 32.8 Å². The van der Waals surface area contributed by atoms with Gasteiger partial charge in [0.25, 0.3) is 0 Å². The molecule has 0 N–H and O–H groups in total. The largest absolute Gasteiger partial charge is 0.381 e. The molecular formula is C14H27NO2. The summed E-state index contributed by atoms with van der Waals surface area (Å²) in [5, 5.41) is 0. The van der Waals surface area contributed by atoms with Crippen molar-refractivity contribution >= 4 is 5.78 Å². The fourth-order valence-electron chi connectivity index (χ4n) is 2.09. The molecule has 0 bridgehead atoms. The highest BCUT2D eigenvalue weighted by Gasteiger charge is 2.14. The van der Waals surface area contributed by atoms with E-state index in [-0.39, 0.29) is 0 Å². The molecule has 1 rings (SSSR count). The Kier molecular flexibility index (Phi) is 8.28. The molecule has 17 heavy (non-hydrogen) atoms. The number of ketones is 1. The normalized spacial score (nSPS) is 17.6. The maximum Gasteiger partial charge on any atom is 0.135 e. The second-order valence-corrected chi connectivity index (χ2v) is 4.91. The molecule has 0 atom stereocenters. The SMILES string of the molecule is CCCCOCCCCCN1CCC(=O)CC1. The second-order valence-electron chi connectivity index (χ2n) is 4.91. The van der Waals surface area contributed by atoms with E-state index >= 15 is 0 Å². The summed E-state index contributed by atoms with van der Waals surface area (Å²) in [6, 6.07) is 0. The molecule has 0 spiro atoms. The highest BCUT2D eigenvalue weighted by atomic mass is 16.5. The minimum Gasteiger partial charge on any atom is -0.381 e. The van der Waals surface area contributed by atoms with E-state index in [4.69, 9.17) is 4.74 Å².